The second-order valence-corrected chi connectivity index (χ2v) is 4.42. The van der Waals surface area contributed by atoms with Gasteiger partial charge in [-0.3, -0.25) is 0 Å². The van der Waals surface area contributed by atoms with Crippen LogP contribution in [0.25, 0.3) is 0 Å². The summed E-state index contributed by atoms with van der Waals surface area (Å²) in [7, 11) is 0. The van der Waals surface area contributed by atoms with Crippen LogP contribution in [-0.2, 0) is 12.8 Å². The van der Waals surface area contributed by atoms with Crippen LogP contribution >= 0.6 is 0 Å². The summed E-state index contributed by atoms with van der Waals surface area (Å²) in [5.41, 5.74) is 8.27. The summed E-state index contributed by atoms with van der Waals surface area (Å²) in [4.78, 5) is 11.1. The molecule has 1 aliphatic carbocycles. The normalized spacial score (nSPS) is 19.9. The number of fused-ring (bicyclic) bond motifs is 1. The molecule has 5 nitrogen and oxygen atoms in total. The Bertz CT molecular complexity index is 398. The molecular weight excluding hydrogens is 202 g/mol. The van der Waals surface area contributed by atoms with Gasteiger partial charge < -0.3 is 16.0 Å². The number of hydrogen-bond acceptors (Lipinski definition) is 5. The summed E-state index contributed by atoms with van der Waals surface area (Å²) in [6.07, 6.45) is 3.35. The highest BCUT2D eigenvalue weighted by Crippen LogP contribution is 2.29. The van der Waals surface area contributed by atoms with E-state index in [0.29, 0.717) is 5.95 Å². The summed E-state index contributed by atoms with van der Waals surface area (Å²) >= 11 is 0. The molecule has 1 fully saturated rings. The van der Waals surface area contributed by atoms with Gasteiger partial charge >= 0.3 is 0 Å². The van der Waals surface area contributed by atoms with Crippen molar-refractivity contribution in [1.29, 1.82) is 0 Å². The molecule has 0 bridgehead atoms. The summed E-state index contributed by atoms with van der Waals surface area (Å²) in [5, 5.41) is 3.35. The molecular formula is C11H17N5. The first kappa shape index (κ1) is 9.84. The van der Waals surface area contributed by atoms with Gasteiger partial charge in [0.05, 0.1) is 5.69 Å². The lowest BCUT2D eigenvalue weighted by Gasteiger charge is -2.29. The molecule has 0 radical (unpaired) electrons. The van der Waals surface area contributed by atoms with Crippen LogP contribution in [0, 0.1) is 0 Å². The van der Waals surface area contributed by atoms with E-state index in [9.17, 15) is 0 Å². The maximum Gasteiger partial charge on any atom is 0.222 e. The number of nitrogen functional groups attached to an aromatic ring is 1. The zero-order chi connectivity index (χ0) is 11.0. The van der Waals surface area contributed by atoms with Crippen molar-refractivity contribution in [3.63, 3.8) is 0 Å². The van der Waals surface area contributed by atoms with E-state index in [2.05, 4.69) is 20.2 Å². The molecule has 5 heteroatoms. The molecule has 1 aliphatic heterocycles. The molecule has 2 aliphatic rings. The number of nitrogens with two attached hydrogens (primary N) is 1. The van der Waals surface area contributed by atoms with Gasteiger partial charge in [-0.2, -0.15) is 4.98 Å². The van der Waals surface area contributed by atoms with Crippen molar-refractivity contribution in [3.05, 3.63) is 11.3 Å². The van der Waals surface area contributed by atoms with Crippen LogP contribution in [0.5, 0.6) is 0 Å². The first-order valence-electron chi connectivity index (χ1n) is 5.95. The minimum absolute atomic E-state index is 0.425. The fourth-order valence-corrected chi connectivity index (χ4v) is 2.57. The molecule has 3 N–H and O–H groups in total. The van der Waals surface area contributed by atoms with Gasteiger partial charge in [0.2, 0.25) is 5.95 Å². The maximum atomic E-state index is 5.77. The van der Waals surface area contributed by atoms with Crippen LogP contribution < -0.4 is 16.0 Å². The number of rotatable bonds is 1. The van der Waals surface area contributed by atoms with Crippen molar-refractivity contribution < 1.29 is 0 Å². The zero-order valence-electron chi connectivity index (χ0n) is 9.37. The highest BCUT2D eigenvalue weighted by Gasteiger charge is 2.23. The maximum absolute atomic E-state index is 5.77. The molecule has 1 saturated heterocycles. The average Bonchev–Trinajstić information content (AvgIpc) is 2.77. The molecule has 3 rings (SSSR count). The highest BCUT2D eigenvalue weighted by atomic mass is 15.2. The van der Waals surface area contributed by atoms with E-state index in [1.54, 1.807) is 0 Å². The van der Waals surface area contributed by atoms with E-state index < -0.39 is 0 Å². The van der Waals surface area contributed by atoms with Crippen molar-refractivity contribution in [2.75, 3.05) is 36.8 Å². The lowest BCUT2D eigenvalue weighted by molar-refractivity contribution is 0.583. The monoisotopic (exact) mass is 219 g/mol. The lowest BCUT2D eigenvalue weighted by Crippen LogP contribution is -2.44. The molecule has 0 saturated carbocycles. The smallest absolute Gasteiger partial charge is 0.222 e. The summed E-state index contributed by atoms with van der Waals surface area (Å²) in [6.45, 7) is 4.09. The second kappa shape index (κ2) is 3.90. The zero-order valence-corrected chi connectivity index (χ0v) is 9.37. The fourth-order valence-electron chi connectivity index (χ4n) is 2.57. The summed E-state index contributed by atoms with van der Waals surface area (Å²) in [6, 6.07) is 0. The van der Waals surface area contributed by atoms with Gasteiger partial charge in [-0.25, -0.2) is 4.98 Å². The molecule has 86 valence electrons. The molecule has 0 spiro atoms. The molecule has 16 heavy (non-hydrogen) atoms. The van der Waals surface area contributed by atoms with Crippen molar-refractivity contribution in [2.24, 2.45) is 0 Å². The van der Waals surface area contributed by atoms with E-state index in [1.807, 2.05) is 0 Å². The minimum atomic E-state index is 0.425. The van der Waals surface area contributed by atoms with Crippen LogP contribution in [0.1, 0.15) is 17.7 Å². The third kappa shape index (κ3) is 1.61. The lowest BCUT2D eigenvalue weighted by atomic mass is 10.2. The highest BCUT2D eigenvalue weighted by molar-refractivity contribution is 5.53. The summed E-state index contributed by atoms with van der Waals surface area (Å²) in [5.74, 6) is 1.51. The predicted octanol–water partition coefficient (Wildman–Crippen LogP) is -0.0429. The molecule has 1 aromatic rings. The minimum Gasteiger partial charge on any atom is -0.368 e. The fraction of sp³-hybridized carbons (Fsp3) is 0.636. The molecule has 0 atom stereocenters. The largest absolute Gasteiger partial charge is 0.368 e. The van der Waals surface area contributed by atoms with Crippen molar-refractivity contribution >= 4 is 11.8 Å². The van der Waals surface area contributed by atoms with Gasteiger partial charge in [-0.1, -0.05) is 0 Å². The van der Waals surface area contributed by atoms with Gasteiger partial charge in [-0.15, -0.1) is 0 Å². The van der Waals surface area contributed by atoms with E-state index >= 15 is 0 Å². The molecule has 0 amide bonds. The number of nitrogens with zero attached hydrogens (tertiary/aromatic N) is 3. The molecule has 1 aromatic heterocycles. The Balaban J connectivity index is 1.99. The number of nitrogens with one attached hydrogen (secondary N) is 1. The SMILES string of the molecule is Nc1nc2c(c(N3CCNCC3)n1)CCC2. The third-order valence-electron chi connectivity index (χ3n) is 3.35. The molecule has 2 heterocycles. The van der Waals surface area contributed by atoms with E-state index in [-0.39, 0.29) is 0 Å². The predicted molar refractivity (Wildman–Crippen MR) is 63.6 cm³/mol. The van der Waals surface area contributed by atoms with Crippen LogP contribution in [0.2, 0.25) is 0 Å². The van der Waals surface area contributed by atoms with E-state index in [0.717, 1.165) is 44.8 Å². The Labute approximate surface area is 95.1 Å². The van der Waals surface area contributed by atoms with Crippen LogP contribution in [-0.4, -0.2) is 36.1 Å². The van der Waals surface area contributed by atoms with Crippen LogP contribution in [0.4, 0.5) is 11.8 Å². The number of aryl methyl sites for hydroxylation is 1. The van der Waals surface area contributed by atoms with Crippen molar-refractivity contribution in [2.45, 2.75) is 19.3 Å². The van der Waals surface area contributed by atoms with Crippen molar-refractivity contribution in [1.82, 2.24) is 15.3 Å². The number of hydrogen-bond donors (Lipinski definition) is 2. The van der Waals surface area contributed by atoms with Crippen LogP contribution in [0.15, 0.2) is 0 Å². The Morgan fingerprint density at radius 1 is 1.12 bits per heavy atom. The average molecular weight is 219 g/mol. The standard InChI is InChI=1S/C11H17N5/c12-11-14-9-3-1-2-8(9)10(15-11)16-6-4-13-5-7-16/h13H,1-7H2,(H2,12,14,15). The van der Waals surface area contributed by atoms with Gasteiger partial charge in [0.1, 0.15) is 5.82 Å². The van der Waals surface area contributed by atoms with E-state index in [4.69, 9.17) is 5.73 Å². The Kier molecular flexibility index (Phi) is 2.40. The summed E-state index contributed by atoms with van der Waals surface area (Å²) < 4.78 is 0. The van der Waals surface area contributed by atoms with Gasteiger partial charge in [-0.05, 0) is 19.3 Å². The van der Waals surface area contributed by atoms with Gasteiger partial charge in [0.25, 0.3) is 0 Å². The van der Waals surface area contributed by atoms with Crippen molar-refractivity contribution in [3.8, 4) is 0 Å². The second-order valence-electron chi connectivity index (χ2n) is 4.42. The number of aromatic nitrogens is 2. The van der Waals surface area contributed by atoms with Crippen LogP contribution in [0.3, 0.4) is 0 Å². The Morgan fingerprint density at radius 3 is 2.75 bits per heavy atom. The third-order valence-corrected chi connectivity index (χ3v) is 3.35. The van der Waals surface area contributed by atoms with E-state index in [1.165, 1.54) is 17.7 Å². The Hall–Kier alpha value is -1.36. The topological polar surface area (TPSA) is 67.1 Å². The molecule has 0 aromatic carbocycles. The molecule has 0 unspecified atom stereocenters. The van der Waals surface area contributed by atoms with Gasteiger partial charge in [0.15, 0.2) is 0 Å². The quantitative estimate of drug-likeness (QED) is 0.693. The first-order chi connectivity index (χ1) is 7.84. The number of piperazine rings is 1. The first-order valence-corrected chi connectivity index (χ1v) is 5.95. The van der Waals surface area contributed by atoms with Gasteiger partial charge in [0, 0.05) is 31.7 Å². The Morgan fingerprint density at radius 2 is 1.94 bits per heavy atom. The number of anilines is 2.